The Kier molecular flexibility index (Phi) is 11.5. The van der Waals surface area contributed by atoms with E-state index in [0.29, 0.717) is 25.2 Å². The molecule has 0 aliphatic carbocycles. The first-order chi connectivity index (χ1) is 10.7. The number of aromatic carboxylic acids is 1. The third-order valence-electron chi connectivity index (χ3n) is 3.60. The van der Waals surface area contributed by atoms with Crippen molar-refractivity contribution in [1.29, 1.82) is 0 Å². The molecule has 0 spiro atoms. The van der Waals surface area contributed by atoms with Gasteiger partial charge in [-0.3, -0.25) is 4.90 Å². The molecule has 1 aromatic rings. The van der Waals surface area contributed by atoms with Crippen LogP contribution in [0.5, 0.6) is 0 Å². The minimum absolute atomic E-state index is 0. The zero-order chi connectivity index (χ0) is 17.0. The second-order valence-electron chi connectivity index (χ2n) is 6.75. The third-order valence-corrected chi connectivity index (χ3v) is 3.60. The maximum atomic E-state index is 12.0. The Morgan fingerprint density at radius 2 is 1.73 bits per heavy atom. The molecule has 0 atom stereocenters. The zero-order valence-electron chi connectivity index (χ0n) is 15.9. The van der Waals surface area contributed by atoms with Gasteiger partial charge in [-0.2, -0.15) is 0 Å². The van der Waals surface area contributed by atoms with E-state index in [1.54, 1.807) is 23.1 Å². The first-order valence-electron chi connectivity index (χ1n) is 7.77. The number of amides is 1. The van der Waals surface area contributed by atoms with Crippen LogP contribution in [0, 0.1) is 0 Å². The van der Waals surface area contributed by atoms with Gasteiger partial charge in [0.15, 0.2) is 0 Å². The summed E-state index contributed by atoms with van der Waals surface area (Å²) < 4.78 is 5.38. The van der Waals surface area contributed by atoms with Crippen LogP contribution in [0.2, 0.25) is 0 Å². The quantitative estimate of drug-likeness (QED) is 0.647. The molecule has 1 heterocycles. The minimum Gasteiger partial charge on any atom is -0.870 e. The molecule has 0 radical (unpaired) electrons. The molecular formula is C17H27LiN2O6. The minimum atomic E-state index is -0.915. The second kappa shape index (κ2) is 11.2. The molecule has 0 saturated carbocycles. The van der Waals surface area contributed by atoms with Gasteiger partial charge in [0.2, 0.25) is 0 Å². The van der Waals surface area contributed by atoms with Gasteiger partial charge in [-0.1, -0.05) is 12.1 Å². The van der Waals surface area contributed by atoms with Crippen molar-refractivity contribution in [3.05, 3.63) is 35.4 Å². The summed E-state index contributed by atoms with van der Waals surface area (Å²) in [5, 5.41) is 9.03. The van der Waals surface area contributed by atoms with Crippen molar-refractivity contribution < 1.29 is 49.2 Å². The number of ether oxygens (including phenoxy) is 1. The van der Waals surface area contributed by atoms with E-state index in [1.807, 2.05) is 26.8 Å². The summed E-state index contributed by atoms with van der Waals surface area (Å²) in [6.07, 6.45) is -0.273. The fraction of sp³-hybridized carbons (Fsp3) is 0.529. The standard InChI is InChI=1S/C17H24N2O4.Li.2H2O/c1-17(2,3)23-16(22)19-9-7-18(8-10-19)12-13-5-4-6-14(11-13)15(20)21;;;/h4-6,11H,7-10,12H2,1-3H3,(H,20,21);;2*1H2/q;+1;;/p-1. The monoisotopic (exact) mass is 362 g/mol. The van der Waals surface area contributed by atoms with Gasteiger partial charge in [0, 0.05) is 32.7 Å². The number of hydrogen-bond donors (Lipinski definition) is 1. The SMILES string of the molecule is CC(C)(C)OC(=O)N1CCN(Cc2cccc(C(=O)O)c2)CC1.O.[Li+].[OH-]. The number of benzene rings is 1. The molecule has 0 aromatic heterocycles. The predicted molar refractivity (Wildman–Crippen MR) is 92.0 cm³/mol. The molecule has 0 bridgehead atoms. The van der Waals surface area contributed by atoms with Crippen LogP contribution in [0.15, 0.2) is 24.3 Å². The van der Waals surface area contributed by atoms with Crippen LogP contribution in [-0.2, 0) is 11.3 Å². The Bertz CT molecular complexity index is 583. The van der Waals surface area contributed by atoms with E-state index in [9.17, 15) is 9.59 Å². The van der Waals surface area contributed by atoms with Gasteiger partial charge in [-0.05, 0) is 38.5 Å². The molecule has 9 heteroatoms. The van der Waals surface area contributed by atoms with Gasteiger partial charge < -0.3 is 25.7 Å². The van der Waals surface area contributed by atoms with Crippen molar-refractivity contribution in [3.8, 4) is 0 Å². The summed E-state index contributed by atoms with van der Waals surface area (Å²) in [5.74, 6) is -0.915. The van der Waals surface area contributed by atoms with Gasteiger partial charge in [0.05, 0.1) is 5.56 Å². The van der Waals surface area contributed by atoms with Crippen molar-refractivity contribution in [2.45, 2.75) is 32.9 Å². The van der Waals surface area contributed by atoms with Crippen molar-refractivity contribution in [2.75, 3.05) is 26.2 Å². The molecule has 142 valence electrons. The summed E-state index contributed by atoms with van der Waals surface area (Å²) in [7, 11) is 0. The molecule has 8 nitrogen and oxygen atoms in total. The largest absolute Gasteiger partial charge is 1.00 e. The fourth-order valence-electron chi connectivity index (χ4n) is 2.48. The van der Waals surface area contributed by atoms with Gasteiger partial charge >= 0.3 is 30.9 Å². The number of carbonyl (C=O) groups is 2. The first-order valence-corrected chi connectivity index (χ1v) is 7.77. The first kappa shape index (κ1) is 26.7. The van der Waals surface area contributed by atoms with E-state index in [0.717, 1.165) is 18.7 Å². The summed E-state index contributed by atoms with van der Waals surface area (Å²) in [4.78, 5) is 27.0. The maximum Gasteiger partial charge on any atom is 1.00 e. The molecular weight excluding hydrogens is 335 g/mol. The molecule has 1 amide bonds. The van der Waals surface area contributed by atoms with Crippen molar-refractivity contribution in [3.63, 3.8) is 0 Å². The average Bonchev–Trinajstić information content (AvgIpc) is 2.46. The van der Waals surface area contributed by atoms with Crippen LogP contribution >= 0.6 is 0 Å². The van der Waals surface area contributed by atoms with E-state index < -0.39 is 11.6 Å². The Balaban J connectivity index is 0. The van der Waals surface area contributed by atoms with Crippen LogP contribution in [0.1, 0.15) is 36.7 Å². The molecule has 1 aromatic carbocycles. The second-order valence-corrected chi connectivity index (χ2v) is 6.75. The number of carboxylic acid groups (broad SMARTS) is 1. The van der Waals surface area contributed by atoms with Crippen LogP contribution in [0.25, 0.3) is 0 Å². The number of rotatable bonds is 3. The van der Waals surface area contributed by atoms with Crippen LogP contribution in [-0.4, -0.2) is 69.7 Å². The molecule has 0 unspecified atom stereocenters. The number of nitrogens with zero attached hydrogens (tertiary/aromatic N) is 2. The van der Waals surface area contributed by atoms with Crippen LogP contribution in [0.4, 0.5) is 4.79 Å². The average molecular weight is 362 g/mol. The van der Waals surface area contributed by atoms with Crippen LogP contribution < -0.4 is 18.9 Å². The zero-order valence-corrected chi connectivity index (χ0v) is 15.9. The Morgan fingerprint density at radius 3 is 2.23 bits per heavy atom. The Labute approximate surface area is 165 Å². The Hall–Kier alpha value is -1.56. The van der Waals surface area contributed by atoms with E-state index >= 15 is 0 Å². The molecule has 26 heavy (non-hydrogen) atoms. The number of hydrogen-bond acceptors (Lipinski definition) is 5. The molecule has 1 fully saturated rings. The van der Waals surface area contributed by atoms with Gasteiger partial charge in [-0.15, -0.1) is 0 Å². The smallest absolute Gasteiger partial charge is 0.870 e. The van der Waals surface area contributed by atoms with E-state index in [-0.39, 0.29) is 35.9 Å². The topological polar surface area (TPSA) is 132 Å². The predicted octanol–water partition coefficient (Wildman–Crippen LogP) is -1.56. The molecule has 2 rings (SSSR count). The van der Waals surface area contributed by atoms with E-state index in [4.69, 9.17) is 9.84 Å². The van der Waals surface area contributed by atoms with Gasteiger partial charge in [0.25, 0.3) is 0 Å². The van der Waals surface area contributed by atoms with Crippen LogP contribution in [0.3, 0.4) is 0 Å². The molecule has 1 aliphatic rings. The maximum absolute atomic E-state index is 12.0. The van der Waals surface area contributed by atoms with Gasteiger partial charge in [0.1, 0.15) is 5.60 Å². The summed E-state index contributed by atoms with van der Waals surface area (Å²) >= 11 is 0. The fourth-order valence-corrected chi connectivity index (χ4v) is 2.48. The third kappa shape index (κ3) is 8.21. The normalized spacial score (nSPS) is 14.3. The number of carboxylic acids is 1. The van der Waals surface area contributed by atoms with Crippen molar-refractivity contribution in [1.82, 2.24) is 9.80 Å². The summed E-state index contributed by atoms with van der Waals surface area (Å²) in [5.41, 5.74) is 0.788. The number of carbonyl (C=O) groups excluding carboxylic acids is 1. The van der Waals surface area contributed by atoms with Crippen molar-refractivity contribution >= 4 is 12.1 Å². The van der Waals surface area contributed by atoms with E-state index in [1.165, 1.54) is 0 Å². The number of piperazine rings is 1. The van der Waals surface area contributed by atoms with E-state index in [2.05, 4.69) is 4.90 Å². The molecule has 1 aliphatic heterocycles. The molecule has 4 N–H and O–H groups in total. The van der Waals surface area contributed by atoms with Gasteiger partial charge in [-0.25, -0.2) is 9.59 Å². The summed E-state index contributed by atoms with van der Waals surface area (Å²) in [6.45, 7) is 8.99. The Morgan fingerprint density at radius 1 is 1.15 bits per heavy atom. The summed E-state index contributed by atoms with van der Waals surface area (Å²) in [6, 6.07) is 6.97. The van der Waals surface area contributed by atoms with Crippen molar-refractivity contribution in [2.24, 2.45) is 0 Å². The molecule has 1 saturated heterocycles.